The lowest BCUT2D eigenvalue weighted by Crippen LogP contribution is -2.48. The lowest BCUT2D eigenvalue weighted by Gasteiger charge is -2.24. The normalized spacial score (nSPS) is 19.6. The van der Waals surface area contributed by atoms with Gasteiger partial charge in [0, 0.05) is 5.41 Å². The molecule has 96 valence electrons. The van der Waals surface area contributed by atoms with Crippen molar-refractivity contribution in [2.24, 2.45) is 11.1 Å². The highest BCUT2D eigenvalue weighted by molar-refractivity contribution is 5.90. The molecule has 2 amide bonds. The van der Waals surface area contributed by atoms with Gasteiger partial charge in [-0.1, -0.05) is 19.8 Å². The van der Waals surface area contributed by atoms with Crippen LogP contribution in [-0.2, 0) is 14.4 Å². The lowest BCUT2D eigenvalue weighted by atomic mass is 9.87. The predicted octanol–water partition coefficient (Wildman–Crippen LogP) is 0.0115. The molecule has 0 bridgehead atoms. The van der Waals surface area contributed by atoms with Gasteiger partial charge in [-0.2, -0.15) is 0 Å². The number of hydrogen-bond acceptors (Lipinski definition) is 3. The Morgan fingerprint density at radius 2 is 1.88 bits per heavy atom. The highest BCUT2D eigenvalue weighted by Gasteiger charge is 2.38. The average Bonchev–Trinajstić information content (AvgIpc) is 2.64. The summed E-state index contributed by atoms with van der Waals surface area (Å²) >= 11 is 0. The van der Waals surface area contributed by atoms with Crippen molar-refractivity contribution in [3.63, 3.8) is 0 Å². The summed E-state index contributed by atoms with van der Waals surface area (Å²) in [5.41, 5.74) is 4.43. The number of carbonyl (C=O) groups excluding carboxylic acids is 2. The Morgan fingerprint density at radius 3 is 2.29 bits per heavy atom. The van der Waals surface area contributed by atoms with E-state index in [0.29, 0.717) is 0 Å². The van der Waals surface area contributed by atoms with Gasteiger partial charge in [-0.05, 0) is 12.8 Å². The van der Waals surface area contributed by atoms with Crippen molar-refractivity contribution in [2.75, 3.05) is 0 Å². The van der Waals surface area contributed by atoms with Crippen molar-refractivity contribution in [2.45, 2.75) is 45.1 Å². The summed E-state index contributed by atoms with van der Waals surface area (Å²) in [7, 11) is 0. The van der Waals surface area contributed by atoms with E-state index in [1.54, 1.807) is 0 Å². The van der Waals surface area contributed by atoms with E-state index in [4.69, 9.17) is 10.8 Å². The third-order valence-electron chi connectivity index (χ3n) is 3.26. The minimum Gasteiger partial charge on any atom is -0.480 e. The van der Waals surface area contributed by atoms with Crippen molar-refractivity contribution >= 4 is 17.8 Å². The number of carbonyl (C=O) groups is 3. The molecule has 0 heterocycles. The van der Waals surface area contributed by atoms with Gasteiger partial charge in [0.05, 0.1) is 6.42 Å². The largest absolute Gasteiger partial charge is 0.480 e. The molecule has 0 unspecified atom stereocenters. The van der Waals surface area contributed by atoms with E-state index in [0.717, 1.165) is 25.7 Å². The minimum atomic E-state index is -1.24. The summed E-state index contributed by atoms with van der Waals surface area (Å²) in [4.78, 5) is 33.5. The molecule has 6 heteroatoms. The number of aliphatic carboxylic acids is 1. The summed E-state index contributed by atoms with van der Waals surface area (Å²) in [6, 6.07) is -1.22. The fourth-order valence-electron chi connectivity index (χ4n) is 2.12. The van der Waals surface area contributed by atoms with Crippen LogP contribution in [0.1, 0.15) is 39.0 Å². The number of hydrogen-bond donors (Lipinski definition) is 3. The van der Waals surface area contributed by atoms with Gasteiger partial charge in [0.1, 0.15) is 6.04 Å². The summed E-state index contributed by atoms with van der Waals surface area (Å²) in [5, 5.41) is 11.3. The molecule has 0 aliphatic heterocycles. The molecule has 1 rings (SSSR count). The Kier molecular flexibility index (Phi) is 4.09. The van der Waals surface area contributed by atoms with Crippen LogP contribution >= 0.6 is 0 Å². The lowest BCUT2D eigenvalue weighted by molar-refractivity contribution is -0.145. The standard InChI is InChI=1S/C11H18N2O4/c1-11(4-2-3-5-11)10(17)13-7(9(15)16)6-8(12)14/h7H,2-6H2,1H3,(H2,12,14)(H,13,17)(H,15,16)/t7-/m1/s1. The van der Waals surface area contributed by atoms with Gasteiger partial charge in [0.2, 0.25) is 11.8 Å². The van der Waals surface area contributed by atoms with E-state index in [1.165, 1.54) is 0 Å². The molecule has 0 saturated heterocycles. The van der Waals surface area contributed by atoms with Crippen molar-refractivity contribution < 1.29 is 19.5 Å². The van der Waals surface area contributed by atoms with Crippen molar-refractivity contribution in [1.82, 2.24) is 5.32 Å². The molecule has 0 radical (unpaired) electrons. The van der Waals surface area contributed by atoms with Gasteiger partial charge in [-0.25, -0.2) is 4.79 Å². The Balaban J connectivity index is 2.63. The molecular weight excluding hydrogens is 224 g/mol. The van der Waals surface area contributed by atoms with Crippen LogP contribution in [0, 0.1) is 5.41 Å². The third kappa shape index (κ3) is 3.44. The molecule has 4 N–H and O–H groups in total. The average molecular weight is 242 g/mol. The maximum absolute atomic E-state index is 11.9. The number of rotatable bonds is 5. The molecule has 1 fully saturated rings. The quantitative estimate of drug-likeness (QED) is 0.630. The first-order valence-electron chi connectivity index (χ1n) is 5.67. The molecule has 0 aromatic rings. The molecule has 1 aliphatic carbocycles. The number of amides is 2. The summed E-state index contributed by atoms with van der Waals surface area (Å²) in [6.45, 7) is 1.82. The smallest absolute Gasteiger partial charge is 0.326 e. The molecule has 0 aromatic carbocycles. The van der Waals surface area contributed by atoms with Gasteiger partial charge in [-0.15, -0.1) is 0 Å². The molecule has 1 atom stereocenters. The van der Waals surface area contributed by atoms with Crippen molar-refractivity contribution in [1.29, 1.82) is 0 Å². The zero-order chi connectivity index (χ0) is 13.1. The second-order valence-corrected chi connectivity index (χ2v) is 4.80. The fraction of sp³-hybridized carbons (Fsp3) is 0.727. The maximum Gasteiger partial charge on any atom is 0.326 e. The minimum absolute atomic E-state index is 0.302. The first-order valence-corrected chi connectivity index (χ1v) is 5.67. The van der Waals surface area contributed by atoms with Crippen molar-refractivity contribution in [3.8, 4) is 0 Å². The Hall–Kier alpha value is -1.59. The van der Waals surface area contributed by atoms with Crippen LogP contribution in [0.25, 0.3) is 0 Å². The van der Waals surface area contributed by atoms with Gasteiger partial charge in [0.15, 0.2) is 0 Å². The van der Waals surface area contributed by atoms with Crippen molar-refractivity contribution in [3.05, 3.63) is 0 Å². The second kappa shape index (κ2) is 5.16. The van der Waals surface area contributed by atoms with Crippen LogP contribution in [0.2, 0.25) is 0 Å². The predicted molar refractivity (Wildman–Crippen MR) is 60.0 cm³/mol. The highest BCUT2D eigenvalue weighted by Crippen LogP contribution is 2.37. The maximum atomic E-state index is 11.9. The van der Waals surface area contributed by atoms with Gasteiger partial charge in [0.25, 0.3) is 0 Å². The van der Waals surface area contributed by atoms with E-state index < -0.39 is 23.3 Å². The topological polar surface area (TPSA) is 109 Å². The Bertz CT molecular complexity index is 334. The monoisotopic (exact) mass is 242 g/mol. The van der Waals surface area contributed by atoms with Gasteiger partial charge < -0.3 is 16.2 Å². The Morgan fingerprint density at radius 1 is 1.35 bits per heavy atom. The molecule has 6 nitrogen and oxygen atoms in total. The zero-order valence-corrected chi connectivity index (χ0v) is 9.86. The number of nitrogens with one attached hydrogen (secondary N) is 1. The molecule has 17 heavy (non-hydrogen) atoms. The Labute approximate surface area is 99.6 Å². The summed E-state index contributed by atoms with van der Waals surface area (Å²) in [5.74, 6) is -2.28. The van der Waals surface area contributed by atoms with Crippen LogP contribution in [-0.4, -0.2) is 28.9 Å². The van der Waals surface area contributed by atoms with Crippen LogP contribution in [0.5, 0.6) is 0 Å². The number of carboxylic acids is 1. The van der Waals surface area contributed by atoms with Crippen LogP contribution < -0.4 is 11.1 Å². The highest BCUT2D eigenvalue weighted by atomic mass is 16.4. The number of nitrogens with two attached hydrogens (primary N) is 1. The first-order chi connectivity index (χ1) is 7.85. The van der Waals surface area contributed by atoms with E-state index in [9.17, 15) is 14.4 Å². The van der Waals surface area contributed by atoms with Crippen LogP contribution in [0.3, 0.4) is 0 Å². The van der Waals surface area contributed by atoms with E-state index in [1.807, 2.05) is 6.92 Å². The number of primary amides is 1. The van der Waals surface area contributed by atoms with Crippen LogP contribution in [0.15, 0.2) is 0 Å². The van der Waals surface area contributed by atoms with E-state index >= 15 is 0 Å². The van der Waals surface area contributed by atoms with Gasteiger partial charge in [-0.3, -0.25) is 9.59 Å². The SMILES string of the molecule is CC1(C(=O)N[C@H](CC(N)=O)C(=O)O)CCCC1. The molecule has 1 saturated carbocycles. The molecule has 1 aliphatic rings. The van der Waals surface area contributed by atoms with Gasteiger partial charge >= 0.3 is 5.97 Å². The van der Waals surface area contributed by atoms with E-state index in [2.05, 4.69) is 5.32 Å². The third-order valence-corrected chi connectivity index (χ3v) is 3.26. The zero-order valence-electron chi connectivity index (χ0n) is 9.86. The summed E-state index contributed by atoms with van der Waals surface area (Å²) in [6.07, 6.45) is 3.07. The fourth-order valence-corrected chi connectivity index (χ4v) is 2.12. The van der Waals surface area contributed by atoms with Crippen LogP contribution in [0.4, 0.5) is 0 Å². The molecular formula is C11H18N2O4. The number of carboxylic acid groups (broad SMARTS) is 1. The second-order valence-electron chi connectivity index (χ2n) is 4.80. The summed E-state index contributed by atoms with van der Waals surface area (Å²) < 4.78 is 0. The molecule has 0 spiro atoms. The first kappa shape index (κ1) is 13.5. The molecule has 0 aromatic heterocycles. The van der Waals surface area contributed by atoms with E-state index in [-0.39, 0.29) is 12.3 Å².